The third-order valence-corrected chi connectivity index (χ3v) is 2.79. The molecule has 0 saturated heterocycles. The molecule has 0 unspecified atom stereocenters. The van der Waals surface area contributed by atoms with E-state index in [1.165, 1.54) is 19.6 Å². The molecule has 0 aliphatic carbocycles. The maximum Gasteiger partial charge on any atom is 0.0109 e. The lowest BCUT2D eigenvalue weighted by atomic mass is 9.92. The maximum atomic E-state index is 3.29. The van der Waals surface area contributed by atoms with Gasteiger partial charge in [0, 0.05) is 32.7 Å². The fraction of sp³-hybridized carbons (Fsp3) is 1.00. The van der Waals surface area contributed by atoms with Gasteiger partial charge >= 0.3 is 0 Å². The van der Waals surface area contributed by atoms with Crippen LogP contribution in [0.3, 0.4) is 0 Å². The molecule has 17 heavy (non-hydrogen) atoms. The topological polar surface area (TPSA) is 18.5 Å². The molecule has 0 spiro atoms. The van der Waals surface area contributed by atoms with Crippen molar-refractivity contribution in [1.82, 2.24) is 15.1 Å². The molecule has 3 nitrogen and oxygen atoms in total. The van der Waals surface area contributed by atoms with Crippen LogP contribution >= 0.6 is 0 Å². The average Bonchev–Trinajstić information content (AvgIpc) is 2.12. The van der Waals surface area contributed by atoms with Crippen LogP contribution in [0, 0.1) is 11.3 Å². The van der Waals surface area contributed by atoms with Crippen LogP contribution in [0.25, 0.3) is 0 Å². The molecule has 0 aromatic carbocycles. The van der Waals surface area contributed by atoms with Crippen molar-refractivity contribution in [3.63, 3.8) is 0 Å². The number of likely N-dealkylation sites (N-methyl/N-ethyl adjacent to an activating group) is 1. The fourth-order valence-corrected chi connectivity index (χ4v) is 2.23. The number of nitrogens with one attached hydrogen (secondary N) is 1. The van der Waals surface area contributed by atoms with Crippen molar-refractivity contribution in [3.05, 3.63) is 0 Å². The van der Waals surface area contributed by atoms with Gasteiger partial charge in [0.05, 0.1) is 0 Å². The van der Waals surface area contributed by atoms with Gasteiger partial charge in [0.15, 0.2) is 0 Å². The fourth-order valence-electron chi connectivity index (χ4n) is 2.23. The third-order valence-electron chi connectivity index (χ3n) is 2.79. The van der Waals surface area contributed by atoms with E-state index in [0.717, 1.165) is 19.0 Å². The lowest BCUT2D eigenvalue weighted by molar-refractivity contribution is 0.150. The summed E-state index contributed by atoms with van der Waals surface area (Å²) < 4.78 is 0. The first kappa shape index (κ1) is 16.9. The zero-order valence-corrected chi connectivity index (χ0v) is 13.0. The van der Waals surface area contributed by atoms with Crippen molar-refractivity contribution >= 4 is 0 Å². The SMILES string of the molecule is CNCC(C)(C)CN(CCN(C)C)CC(C)C. The lowest BCUT2D eigenvalue weighted by Crippen LogP contribution is -2.43. The quantitative estimate of drug-likeness (QED) is 0.666. The Labute approximate surface area is 109 Å². The monoisotopic (exact) mass is 243 g/mol. The minimum atomic E-state index is 0.343. The van der Waals surface area contributed by atoms with Gasteiger partial charge in [-0.15, -0.1) is 0 Å². The molecule has 0 fully saturated rings. The molecule has 0 heterocycles. The Bertz CT molecular complexity index is 188. The van der Waals surface area contributed by atoms with Gasteiger partial charge in [0.25, 0.3) is 0 Å². The van der Waals surface area contributed by atoms with Crippen LogP contribution < -0.4 is 5.32 Å². The molecule has 0 aliphatic rings. The van der Waals surface area contributed by atoms with E-state index >= 15 is 0 Å². The van der Waals surface area contributed by atoms with Crippen molar-refractivity contribution in [3.8, 4) is 0 Å². The molecular formula is C14H33N3. The Hall–Kier alpha value is -0.120. The summed E-state index contributed by atoms with van der Waals surface area (Å²) in [5, 5.41) is 3.29. The highest BCUT2D eigenvalue weighted by molar-refractivity contribution is 4.76. The minimum absolute atomic E-state index is 0.343. The van der Waals surface area contributed by atoms with Gasteiger partial charge in [0.2, 0.25) is 0 Å². The number of nitrogens with zero attached hydrogens (tertiary/aromatic N) is 2. The van der Waals surface area contributed by atoms with Crippen LogP contribution in [0.5, 0.6) is 0 Å². The largest absolute Gasteiger partial charge is 0.319 e. The molecule has 0 bridgehead atoms. The first-order chi connectivity index (χ1) is 7.76. The van der Waals surface area contributed by atoms with E-state index < -0.39 is 0 Å². The van der Waals surface area contributed by atoms with Gasteiger partial charge in [-0.25, -0.2) is 0 Å². The van der Waals surface area contributed by atoms with Crippen molar-refractivity contribution in [2.24, 2.45) is 11.3 Å². The second-order valence-electron chi connectivity index (χ2n) is 6.63. The average molecular weight is 243 g/mol. The Balaban J connectivity index is 4.26. The van der Waals surface area contributed by atoms with Crippen molar-refractivity contribution in [1.29, 1.82) is 0 Å². The molecule has 1 N–H and O–H groups in total. The second kappa shape index (κ2) is 8.06. The summed E-state index contributed by atoms with van der Waals surface area (Å²) >= 11 is 0. The molecule has 0 radical (unpaired) electrons. The third kappa shape index (κ3) is 9.57. The van der Waals surface area contributed by atoms with E-state index in [1.54, 1.807) is 0 Å². The van der Waals surface area contributed by atoms with Crippen LogP contribution in [0.15, 0.2) is 0 Å². The van der Waals surface area contributed by atoms with E-state index in [1.807, 2.05) is 7.05 Å². The van der Waals surface area contributed by atoms with Crippen LogP contribution in [0.2, 0.25) is 0 Å². The molecule has 0 amide bonds. The molecule has 0 rings (SSSR count). The van der Waals surface area contributed by atoms with E-state index in [9.17, 15) is 0 Å². The zero-order valence-electron chi connectivity index (χ0n) is 13.0. The highest BCUT2D eigenvalue weighted by Crippen LogP contribution is 2.16. The first-order valence-electron chi connectivity index (χ1n) is 6.78. The normalized spacial score (nSPS) is 13.1. The molecule has 104 valence electrons. The van der Waals surface area contributed by atoms with Gasteiger partial charge in [0.1, 0.15) is 0 Å². The Kier molecular flexibility index (Phi) is 8.01. The number of rotatable bonds is 9. The molecule has 0 aromatic heterocycles. The predicted octanol–water partition coefficient (Wildman–Crippen LogP) is 1.75. The predicted molar refractivity (Wildman–Crippen MR) is 77.5 cm³/mol. The summed E-state index contributed by atoms with van der Waals surface area (Å²) in [7, 11) is 6.33. The highest BCUT2D eigenvalue weighted by Gasteiger charge is 2.21. The van der Waals surface area contributed by atoms with Gasteiger partial charge in [-0.3, -0.25) is 0 Å². The van der Waals surface area contributed by atoms with E-state index in [0.29, 0.717) is 5.41 Å². The van der Waals surface area contributed by atoms with Crippen molar-refractivity contribution < 1.29 is 0 Å². The standard InChI is InChI=1S/C14H33N3/c1-13(2)10-17(9-8-16(6)7)12-14(3,4)11-15-5/h13,15H,8-12H2,1-7H3. The van der Waals surface area contributed by atoms with E-state index in [2.05, 4.69) is 56.9 Å². The first-order valence-corrected chi connectivity index (χ1v) is 6.78. The van der Waals surface area contributed by atoms with E-state index in [-0.39, 0.29) is 0 Å². The van der Waals surface area contributed by atoms with Crippen molar-refractivity contribution in [2.75, 3.05) is 53.9 Å². The maximum absolute atomic E-state index is 3.29. The van der Waals surface area contributed by atoms with Crippen LogP contribution in [-0.2, 0) is 0 Å². The highest BCUT2D eigenvalue weighted by atomic mass is 15.2. The van der Waals surface area contributed by atoms with Crippen LogP contribution in [0.4, 0.5) is 0 Å². The minimum Gasteiger partial charge on any atom is -0.319 e. The van der Waals surface area contributed by atoms with Gasteiger partial charge < -0.3 is 15.1 Å². The number of hydrogen-bond acceptors (Lipinski definition) is 3. The summed E-state index contributed by atoms with van der Waals surface area (Å²) in [5.41, 5.74) is 0.343. The summed E-state index contributed by atoms with van der Waals surface area (Å²) in [5.74, 6) is 0.738. The molecule has 0 atom stereocenters. The smallest absolute Gasteiger partial charge is 0.0109 e. The lowest BCUT2D eigenvalue weighted by Gasteiger charge is -2.34. The Morgan fingerprint density at radius 2 is 1.71 bits per heavy atom. The molecule has 0 aromatic rings. The molecular weight excluding hydrogens is 210 g/mol. The van der Waals surface area contributed by atoms with Gasteiger partial charge in [-0.1, -0.05) is 27.7 Å². The Morgan fingerprint density at radius 1 is 1.12 bits per heavy atom. The molecule has 3 heteroatoms. The van der Waals surface area contributed by atoms with Crippen LogP contribution in [0.1, 0.15) is 27.7 Å². The number of hydrogen-bond donors (Lipinski definition) is 1. The summed E-state index contributed by atoms with van der Waals surface area (Å²) in [6.07, 6.45) is 0. The molecule has 0 saturated carbocycles. The van der Waals surface area contributed by atoms with Gasteiger partial charge in [-0.05, 0) is 32.5 Å². The molecule has 0 aliphatic heterocycles. The summed E-state index contributed by atoms with van der Waals surface area (Å²) in [6.45, 7) is 15.0. The zero-order chi connectivity index (χ0) is 13.5. The summed E-state index contributed by atoms with van der Waals surface area (Å²) in [4.78, 5) is 4.86. The van der Waals surface area contributed by atoms with Gasteiger partial charge in [-0.2, -0.15) is 0 Å². The Morgan fingerprint density at radius 3 is 2.12 bits per heavy atom. The second-order valence-corrected chi connectivity index (χ2v) is 6.63. The van der Waals surface area contributed by atoms with Crippen molar-refractivity contribution in [2.45, 2.75) is 27.7 Å². The van der Waals surface area contributed by atoms with E-state index in [4.69, 9.17) is 0 Å². The van der Waals surface area contributed by atoms with Crippen LogP contribution in [-0.4, -0.2) is 63.7 Å². The summed E-state index contributed by atoms with van der Waals surface area (Å²) in [6, 6.07) is 0.